The highest BCUT2D eigenvalue weighted by Crippen LogP contribution is 2.11. The Morgan fingerprint density at radius 3 is 1.76 bits per heavy atom. The molecule has 1 unspecified atom stereocenters. The molecule has 0 rings (SSSR count). The largest absolute Gasteiger partial charge is 0.354 e. The summed E-state index contributed by atoms with van der Waals surface area (Å²) in [5.41, 5.74) is 5.97. The highest BCUT2D eigenvalue weighted by atomic mass is 16.7. The zero-order valence-corrected chi connectivity index (χ0v) is 11.9. The molecule has 3 heteroatoms. The topological polar surface area (TPSA) is 44.5 Å². The fraction of sp³-hybridized carbons (Fsp3) is 1.00. The minimum atomic E-state index is -0.250. The van der Waals surface area contributed by atoms with E-state index < -0.39 is 0 Å². The molecule has 0 aromatic rings. The zero-order valence-electron chi connectivity index (χ0n) is 11.9. The molecule has 3 nitrogen and oxygen atoms in total. The summed E-state index contributed by atoms with van der Waals surface area (Å²) in [6.07, 6.45) is 11.4. The van der Waals surface area contributed by atoms with Crippen molar-refractivity contribution >= 4 is 0 Å². The highest BCUT2D eigenvalue weighted by Gasteiger charge is 2.15. The van der Waals surface area contributed by atoms with Crippen LogP contribution in [-0.4, -0.2) is 26.6 Å². The van der Waals surface area contributed by atoms with Crippen molar-refractivity contribution in [3.05, 3.63) is 0 Å². The predicted molar refractivity (Wildman–Crippen MR) is 73.0 cm³/mol. The van der Waals surface area contributed by atoms with Gasteiger partial charge in [-0.05, 0) is 6.42 Å². The van der Waals surface area contributed by atoms with E-state index in [1.807, 2.05) is 0 Å². The van der Waals surface area contributed by atoms with Gasteiger partial charge in [-0.2, -0.15) is 0 Å². The number of nitrogens with two attached hydrogens (primary N) is 1. The molecule has 2 N–H and O–H groups in total. The van der Waals surface area contributed by atoms with Gasteiger partial charge in [0.05, 0.1) is 6.04 Å². The average molecular weight is 245 g/mol. The van der Waals surface area contributed by atoms with Crippen molar-refractivity contribution in [3.8, 4) is 0 Å². The highest BCUT2D eigenvalue weighted by molar-refractivity contribution is 4.65. The molecular formula is C14H31NO2. The number of methoxy groups -OCH3 is 2. The van der Waals surface area contributed by atoms with E-state index >= 15 is 0 Å². The summed E-state index contributed by atoms with van der Waals surface area (Å²) in [5, 5.41) is 0. The molecule has 1 atom stereocenters. The summed E-state index contributed by atoms with van der Waals surface area (Å²) < 4.78 is 10.3. The van der Waals surface area contributed by atoms with Crippen molar-refractivity contribution in [1.82, 2.24) is 0 Å². The lowest BCUT2D eigenvalue weighted by molar-refractivity contribution is -0.117. The van der Waals surface area contributed by atoms with Gasteiger partial charge in [0.15, 0.2) is 6.29 Å². The van der Waals surface area contributed by atoms with Crippen LogP contribution in [0.15, 0.2) is 0 Å². The molecule has 0 aliphatic heterocycles. The van der Waals surface area contributed by atoms with Gasteiger partial charge in [-0.25, -0.2) is 0 Å². The standard InChI is InChI=1S/C14H31NO2/c1-4-5-6-7-8-9-10-11-12-13(15)14(16-2)17-3/h13-14H,4-12,15H2,1-3H3. The molecule has 0 saturated heterocycles. The molecule has 0 radical (unpaired) electrons. The van der Waals surface area contributed by atoms with Crippen molar-refractivity contribution in [1.29, 1.82) is 0 Å². The summed E-state index contributed by atoms with van der Waals surface area (Å²) in [4.78, 5) is 0. The molecule has 0 bridgehead atoms. The molecule has 0 aromatic carbocycles. The van der Waals surface area contributed by atoms with Crippen LogP contribution in [0.3, 0.4) is 0 Å². The third-order valence-electron chi connectivity index (χ3n) is 3.21. The second-order valence-corrected chi connectivity index (χ2v) is 4.77. The summed E-state index contributed by atoms with van der Waals surface area (Å²) in [5.74, 6) is 0. The fourth-order valence-electron chi connectivity index (χ4n) is 2.10. The van der Waals surface area contributed by atoms with Crippen molar-refractivity contribution in [3.63, 3.8) is 0 Å². The van der Waals surface area contributed by atoms with E-state index in [1.54, 1.807) is 14.2 Å². The third-order valence-corrected chi connectivity index (χ3v) is 3.21. The normalized spacial score (nSPS) is 13.2. The SMILES string of the molecule is CCCCCCCCCCC(N)C(OC)OC. The van der Waals surface area contributed by atoms with Crippen molar-refractivity contribution in [2.75, 3.05) is 14.2 Å². The van der Waals surface area contributed by atoms with Gasteiger partial charge in [-0.15, -0.1) is 0 Å². The van der Waals surface area contributed by atoms with Gasteiger partial charge in [-0.1, -0.05) is 58.3 Å². The molecule has 0 amide bonds. The molecule has 17 heavy (non-hydrogen) atoms. The Hall–Kier alpha value is -0.120. The van der Waals surface area contributed by atoms with E-state index in [9.17, 15) is 0 Å². The average Bonchev–Trinajstić information content (AvgIpc) is 2.34. The first-order valence-electron chi connectivity index (χ1n) is 7.07. The van der Waals surface area contributed by atoms with Crippen LogP contribution in [0.2, 0.25) is 0 Å². The number of unbranched alkanes of at least 4 members (excludes halogenated alkanes) is 7. The second kappa shape index (κ2) is 12.3. The minimum Gasteiger partial charge on any atom is -0.354 e. The van der Waals surface area contributed by atoms with Crippen LogP contribution in [-0.2, 0) is 9.47 Å². The van der Waals surface area contributed by atoms with E-state index in [2.05, 4.69) is 6.92 Å². The predicted octanol–water partition coefficient (Wildman–Crippen LogP) is 3.46. The molecule has 104 valence electrons. The van der Waals surface area contributed by atoms with Gasteiger partial charge in [-0.3, -0.25) is 0 Å². The van der Waals surface area contributed by atoms with Gasteiger partial charge in [0.2, 0.25) is 0 Å². The first-order valence-corrected chi connectivity index (χ1v) is 7.07. The molecule has 0 heterocycles. The van der Waals surface area contributed by atoms with Crippen LogP contribution in [0.4, 0.5) is 0 Å². The minimum absolute atomic E-state index is 0.00471. The van der Waals surface area contributed by atoms with Crippen molar-refractivity contribution < 1.29 is 9.47 Å². The summed E-state index contributed by atoms with van der Waals surface area (Å²) in [6, 6.07) is 0.00471. The Bertz CT molecular complexity index is 149. The van der Waals surface area contributed by atoms with Crippen LogP contribution < -0.4 is 5.73 Å². The summed E-state index contributed by atoms with van der Waals surface area (Å²) in [6.45, 7) is 2.25. The molecule has 0 aromatic heterocycles. The maximum absolute atomic E-state index is 5.97. The molecule has 0 saturated carbocycles. The van der Waals surface area contributed by atoms with Gasteiger partial charge in [0.25, 0.3) is 0 Å². The first kappa shape index (κ1) is 16.9. The first-order chi connectivity index (χ1) is 8.26. The van der Waals surface area contributed by atoms with Crippen molar-refractivity contribution in [2.24, 2.45) is 5.73 Å². The van der Waals surface area contributed by atoms with Crippen LogP contribution in [0.5, 0.6) is 0 Å². The second-order valence-electron chi connectivity index (χ2n) is 4.77. The summed E-state index contributed by atoms with van der Waals surface area (Å²) in [7, 11) is 3.28. The van der Waals surface area contributed by atoms with Gasteiger partial charge >= 0.3 is 0 Å². The number of hydrogen-bond donors (Lipinski definition) is 1. The van der Waals surface area contributed by atoms with E-state index in [0.717, 1.165) is 6.42 Å². The molecule has 0 spiro atoms. The maximum Gasteiger partial charge on any atom is 0.171 e. The lowest BCUT2D eigenvalue weighted by atomic mass is 10.0. The number of ether oxygens (including phenoxy) is 2. The summed E-state index contributed by atoms with van der Waals surface area (Å²) >= 11 is 0. The Morgan fingerprint density at radius 2 is 1.29 bits per heavy atom. The lowest BCUT2D eigenvalue weighted by Crippen LogP contribution is -2.37. The third kappa shape index (κ3) is 9.57. The Kier molecular flexibility index (Phi) is 12.3. The Morgan fingerprint density at radius 1 is 0.824 bits per heavy atom. The lowest BCUT2D eigenvalue weighted by Gasteiger charge is -2.20. The van der Waals surface area contributed by atoms with Crippen LogP contribution in [0, 0.1) is 0 Å². The van der Waals surface area contributed by atoms with Crippen LogP contribution in [0.25, 0.3) is 0 Å². The van der Waals surface area contributed by atoms with E-state index in [0.29, 0.717) is 0 Å². The molecule has 0 aliphatic rings. The van der Waals surface area contributed by atoms with Crippen molar-refractivity contribution in [2.45, 2.75) is 77.0 Å². The van der Waals surface area contributed by atoms with E-state index in [4.69, 9.17) is 15.2 Å². The zero-order chi connectivity index (χ0) is 12.9. The van der Waals surface area contributed by atoms with Crippen LogP contribution in [0.1, 0.15) is 64.7 Å². The number of hydrogen-bond acceptors (Lipinski definition) is 3. The van der Waals surface area contributed by atoms with Gasteiger partial charge < -0.3 is 15.2 Å². The molecule has 0 aliphatic carbocycles. The van der Waals surface area contributed by atoms with Gasteiger partial charge in [0, 0.05) is 14.2 Å². The quantitative estimate of drug-likeness (QED) is 0.423. The van der Waals surface area contributed by atoms with E-state index in [1.165, 1.54) is 51.4 Å². The smallest absolute Gasteiger partial charge is 0.171 e. The van der Waals surface area contributed by atoms with E-state index in [-0.39, 0.29) is 12.3 Å². The Labute approximate surface area is 107 Å². The number of rotatable bonds is 12. The maximum atomic E-state index is 5.97. The van der Waals surface area contributed by atoms with Gasteiger partial charge in [0.1, 0.15) is 0 Å². The molecular weight excluding hydrogens is 214 g/mol. The Balaban J connectivity index is 3.27. The van der Waals surface area contributed by atoms with Crippen LogP contribution >= 0.6 is 0 Å². The monoisotopic (exact) mass is 245 g/mol. The fourth-order valence-corrected chi connectivity index (χ4v) is 2.10. The molecule has 0 fully saturated rings.